The Kier molecular flexibility index (Phi) is 4.74. The molecule has 7 nitrogen and oxygen atoms in total. The number of nitro benzene ring substituents is 1. The number of hydrogen-bond acceptors (Lipinski definition) is 6. The monoisotopic (exact) mass is 332 g/mol. The summed E-state index contributed by atoms with van der Waals surface area (Å²) < 4.78 is 29.3. The third-order valence-electron chi connectivity index (χ3n) is 3.07. The Labute approximate surface area is 133 Å². The third kappa shape index (κ3) is 3.71. The van der Waals surface area contributed by atoms with Crippen LogP contribution in [0.5, 0.6) is 0 Å². The molecular formula is C15H12N2O5S. The zero-order chi connectivity index (χ0) is 17.0. The molecule has 0 fully saturated rings. The molecule has 2 rings (SSSR count). The van der Waals surface area contributed by atoms with E-state index in [1.165, 1.54) is 36.4 Å². The Bertz CT molecular complexity index is 869. The summed E-state index contributed by atoms with van der Waals surface area (Å²) >= 11 is 0. The molecule has 0 heterocycles. The zero-order valence-corrected chi connectivity index (χ0v) is 12.9. The SMILES string of the molecule is Cc1ccc(S(=O)(=O)OC(C#N)c2ccccc2[N+](=O)[O-])cc1. The van der Waals surface area contributed by atoms with E-state index in [1.54, 1.807) is 25.1 Å². The van der Waals surface area contributed by atoms with Crippen LogP contribution in [0, 0.1) is 28.4 Å². The Balaban J connectivity index is 2.39. The summed E-state index contributed by atoms with van der Waals surface area (Å²) in [6.07, 6.45) is -1.61. The number of aryl methyl sites for hydroxylation is 1. The average Bonchev–Trinajstić information content (AvgIpc) is 2.53. The molecule has 118 valence electrons. The molecule has 0 aliphatic heterocycles. The van der Waals surface area contributed by atoms with Crippen LogP contribution < -0.4 is 0 Å². The van der Waals surface area contributed by atoms with E-state index >= 15 is 0 Å². The van der Waals surface area contributed by atoms with Crippen molar-refractivity contribution in [3.8, 4) is 6.07 Å². The van der Waals surface area contributed by atoms with Gasteiger partial charge in [0.25, 0.3) is 15.8 Å². The van der Waals surface area contributed by atoms with Crippen molar-refractivity contribution in [3.05, 3.63) is 69.8 Å². The highest BCUT2D eigenvalue weighted by molar-refractivity contribution is 7.86. The topological polar surface area (TPSA) is 110 Å². The fourth-order valence-electron chi connectivity index (χ4n) is 1.91. The van der Waals surface area contributed by atoms with Gasteiger partial charge in [-0.25, -0.2) is 4.18 Å². The summed E-state index contributed by atoms with van der Waals surface area (Å²) in [5, 5.41) is 20.2. The Morgan fingerprint density at radius 3 is 2.35 bits per heavy atom. The van der Waals surface area contributed by atoms with Crippen molar-refractivity contribution < 1.29 is 17.5 Å². The lowest BCUT2D eigenvalue weighted by Gasteiger charge is -2.11. The van der Waals surface area contributed by atoms with E-state index in [-0.39, 0.29) is 16.1 Å². The van der Waals surface area contributed by atoms with E-state index in [4.69, 9.17) is 4.18 Å². The lowest BCUT2D eigenvalue weighted by molar-refractivity contribution is -0.385. The lowest BCUT2D eigenvalue weighted by atomic mass is 10.1. The standard InChI is InChI=1S/C15H12N2O5S/c1-11-6-8-12(9-7-11)23(20,21)22-15(10-16)13-4-2-3-5-14(13)17(18)19/h2-9,15H,1H3. The van der Waals surface area contributed by atoms with Crippen LogP contribution >= 0.6 is 0 Å². The van der Waals surface area contributed by atoms with Crippen LogP contribution in [-0.2, 0) is 14.3 Å². The minimum absolute atomic E-state index is 0.115. The van der Waals surface area contributed by atoms with E-state index in [1.807, 2.05) is 0 Å². The lowest BCUT2D eigenvalue weighted by Crippen LogP contribution is -2.12. The predicted octanol–water partition coefficient (Wildman–Crippen LogP) is 2.87. The third-order valence-corrected chi connectivity index (χ3v) is 4.36. The van der Waals surface area contributed by atoms with Gasteiger partial charge in [-0.05, 0) is 25.1 Å². The normalized spacial score (nSPS) is 12.3. The zero-order valence-electron chi connectivity index (χ0n) is 12.0. The molecule has 2 aromatic rings. The molecule has 2 aromatic carbocycles. The van der Waals surface area contributed by atoms with Crippen LogP contribution in [0.15, 0.2) is 53.4 Å². The molecule has 0 saturated heterocycles. The van der Waals surface area contributed by atoms with Gasteiger partial charge < -0.3 is 0 Å². The van der Waals surface area contributed by atoms with Crippen molar-refractivity contribution in [1.29, 1.82) is 5.26 Å². The molecule has 1 atom stereocenters. The molecule has 0 N–H and O–H groups in total. The summed E-state index contributed by atoms with van der Waals surface area (Å²) in [5.74, 6) is 0. The largest absolute Gasteiger partial charge is 0.298 e. The van der Waals surface area contributed by atoms with Crippen LogP contribution in [-0.4, -0.2) is 13.3 Å². The van der Waals surface area contributed by atoms with Crippen molar-refractivity contribution in [2.24, 2.45) is 0 Å². The van der Waals surface area contributed by atoms with E-state index in [0.717, 1.165) is 5.56 Å². The second kappa shape index (κ2) is 6.56. The highest BCUT2D eigenvalue weighted by Crippen LogP contribution is 2.29. The van der Waals surface area contributed by atoms with Crippen LogP contribution in [0.3, 0.4) is 0 Å². The maximum Gasteiger partial charge on any atom is 0.298 e. The number of nitriles is 1. The smallest absolute Gasteiger partial charge is 0.258 e. The number of nitrogens with zero attached hydrogens (tertiary/aromatic N) is 2. The van der Waals surface area contributed by atoms with Gasteiger partial charge in [0, 0.05) is 6.07 Å². The summed E-state index contributed by atoms with van der Waals surface area (Å²) in [5.41, 5.74) is 0.369. The van der Waals surface area contributed by atoms with Gasteiger partial charge in [0.15, 0.2) is 6.10 Å². The second-order valence-electron chi connectivity index (χ2n) is 4.69. The molecule has 0 spiro atoms. The highest BCUT2D eigenvalue weighted by atomic mass is 32.2. The van der Waals surface area contributed by atoms with Crippen molar-refractivity contribution in [1.82, 2.24) is 0 Å². The van der Waals surface area contributed by atoms with Crippen molar-refractivity contribution in [2.75, 3.05) is 0 Å². The van der Waals surface area contributed by atoms with Gasteiger partial charge in [-0.3, -0.25) is 10.1 Å². The first-order chi connectivity index (χ1) is 10.8. The molecule has 0 bridgehead atoms. The molecule has 0 aliphatic carbocycles. The first-order valence-electron chi connectivity index (χ1n) is 6.48. The van der Waals surface area contributed by atoms with Crippen molar-refractivity contribution >= 4 is 15.8 Å². The fourth-order valence-corrected chi connectivity index (χ4v) is 2.89. The minimum Gasteiger partial charge on any atom is -0.258 e. The molecule has 0 saturated carbocycles. The van der Waals surface area contributed by atoms with Crippen LogP contribution in [0.4, 0.5) is 5.69 Å². The number of rotatable bonds is 5. The van der Waals surface area contributed by atoms with E-state index in [9.17, 15) is 23.8 Å². The summed E-state index contributed by atoms with van der Waals surface area (Å²) in [4.78, 5) is 10.2. The number of hydrogen-bond donors (Lipinski definition) is 0. The maximum absolute atomic E-state index is 12.2. The summed E-state index contributed by atoms with van der Waals surface area (Å²) in [7, 11) is -4.22. The molecular weight excluding hydrogens is 320 g/mol. The van der Waals surface area contributed by atoms with Gasteiger partial charge in [-0.2, -0.15) is 13.7 Å². The molecule has 23 heavy (non-hydrogen) atoms. The van der Waals surface area contributed by atoms with Gasteiger partial charge in [0.2, 0.25) is 0 Å². The van der Waals surface area contributed by atoms with Crippen LogP contribution in [0.2, 0.25) is 0 Å². The van der Waals surface area contributed by atoms with Gasteiger partial charge in [0.1, 0.15) is 6.07 Å². The molecule has 8 heteroatoms. The summed E-state index contributed by atoms with van der Waals surface area (Å²) in [6.45, 7) is 1.79. The van der Waals surface area contributed by atoms with E-state index < -0.39 is 21.1 Å². The Morgan fingerprint density at radius 1 is 1.17 bits per heavy atom. The summed E-state index contributed by atoms with van der Waals surface area (Å²) in [6, 6.07) is 12.9. The second-order valence-corrected chi connectivity index (χ2v) is 6.26. The number of benzene rings is 2. The first kappa shape index (κ1) is 16.6. The maximum atomic E-state index is 12.2. The van der Waals surface area contributed by atoms with Crippen LogP contribution in [0.25, 0.3) is 0 Å². The Hall–Kier alpha value is -2.76. The first-order valence-corrected chi connectivity index (χ1v) is 7.89. The molecule has 0 radical (unpaired) electrons. The van der Waals surface area contributed by atoms with Crippen LogP contribution in [0.1, 0.15) is 17.2 Å². The highest BCUT2D eigenvalue weighted by Gasteiger charge is 2.28. The van der Waals surface area contributed by atoms with Crippen molar-refractivity contribution in [2.45, 2.75) is 17.9 Å². The number of nitro groups is 1. The fraction of sp³-hybridized carbons (Fsp3) is 0.133. The Morgan fingerprint density at radius 2 is 1.78 bits per heavy atom. The average molecular weight is 332 g/mol. The van der Waals surface area contributed by atoms with Gasteiger partial charge in [-0.15, -0.1) is 0 Å². The quantitative estimate of drug-likeness (QED) is 0.473. The molecule has 0 aromatic heterocycles. The van der Waals surface area contributed by atoms with Gasteiger partial charge in [-0.1, -0.05) is 29.8 Å². The number of para-hydroxylation sites is 1. The molecule has 1 unspecified atom stereocenters. The van der Waals surface area contributed by atoms with E-state index in [0.29, 0.717) is 0 Å². The van der Waals surface area contributed by atoms with E-state index in [2.05, 4.69) is 0 Å². The predicted molar refractivity (Wildman–Crippen MR) is 80.9 cm³/mol. The van der Waals surface area contributed by atoms with Gasteiger partial charge >= 0.3 is 0 Å². The van der Waals surface area contributed by atoms with Gasteiger partial charge in [0.05, 0.1) is 15.4 Å². The molecule has 0 amide bonds. The molecule has 0 aliphatic rings. The minimum atomic E-state index is -4.22. The van der Waals surface area contributed by atoms with Crippen molar-refractivity contribution in [3.63, 3.8) is 0 Å².